The summed E-state index contributed by atoms with van der Waals surface area (Å²) in [5, 5.41) is 14.0. The molecule has 0 aliphatic heterocycles. The van der Waals surface area contributed by atoms with Crippen molar-refractivity contribution < 1.29 is 5.11 Å². The van der Waals surface area contributed by atoms with Gasteiger partial charge in [-0.25, -0.2) is 0 Å². The van der Waals surface area contributed by atoms with E-state index in [1.807, 2.05) is 12.1 Å². The molecule has 1 rings (SSSR count). The van der Waals surface area contributed by atoms with Crippen molar-refractivity contribution in [2.75, 3.05) is 0 Å². The number of hydrazone groups is 1. The van der Waals surface area contributed by atoms with E-state index in [9.17, 15) is 5.11 Å². The van der Waals surface area contributed by atoms with E-state index in [1.54, 1.807) is 13.0 Å². The topological polar surface area (TPSA) is 70.6 Å². The molecule has 0 atom stereocenters. The standard InChI is InChI=1S/C13H19N3OS/c1-8(15-16-12(14)18)10-7-9(13(2,3)4)5-6-11(10)17/h5-7,17H,1-4H3,(H3,14,16,18). The maximum Gasteiger partial charge on any atom is 0.184 e. The molecule has 0 spiro atoms. The van der Waals surface area contributed by atoms with Crippen LogP contribution in [0.1, 0.15) is 38.8 Å². The van der Waals surface area contributed by atoms with Crippen LogP contribution in [0.5, 0.6) is 5.75 Å². The summed E-state index contributed by atoms with van der Waals surface area (Å²) in [5.41, 5.74) is 10.3. The fourth-order valence-corrected chi connectivity index (χ4v) is 1.54. The summed E-state index contributed by atoms with van der Waals surface area (Å²) >= 11 is 4.68. The number of phenolic OH excluding ortho intramolecular Hbond substituents is 1. The van der Waals surface area contributed by atoms with Gasteiger partial charge in [0.1, 0.15) is 5.75 Å². The van der Waals surface area contributed by atoms with E-state index in [0.717, 1.165) is 5.56 Å². The molecule has 1 aromatic rings. The molecule has 0 fully saturated rings. The average Bonchev–Trinajstić information content (AvgIpc) is 2.24. The minimum absolute atomic E-state index is 0.0132. The number of hydrogen-bond acceptors (Lipinski definition) is 3. The first-order valence-corrected chi connectivity index (χ1v) is 6.06. The third kappa shape index (κ3) is 3.70. The second kappa shape index (κ2) is 5.35. The number of nitrogens with zero attached hydrogens (tertiary/aromatic N) is 1. The first-order chi connectivity index (χ1) is 8.21. The van der Waals surface area contributed by atoms with Gasteiger partial charge in [-0.2, -0.15) is 5.10 Å². The molecule has 0 heterocycles. The molecule has 0 radical (unpaired) electrons. The predicted molar refractivity (Wildman–Crippen MR) is 78.9 cm³/mol. The Morgan fingerprint density at radius 2 is 2.00 bits per heavy atom. The first-order valence-electron chi connectivity index (χ1n) is 5.65. The monoisotopic (exact) mass is 265 g/mol. The van der Waals surface area contributed by atoms with E-state index in [4.69, 9.17) is 5.73 Å². The average molecular weight is 265 g/mol. The van der Waals surface area contributed by atoms with Crippen LogP contribution in [0.25, 0.3) is 0 Å². The van der Waals surface area contributed by atoms with Gasteiger partial charge in [-0.05, 0) is 42.3 Å². The molecular weight excluding hydrogens is 246 g/mol. The number of rotatable bonds is 2. The Morgan fingerprint density at radius 3 is 2.50 bits per heavy atom. The Labute approximate surface area is 113 Å². The number of thiocarbonyl (C=S) groups is 1. The molecule has 5 heteroatoms. The summed E-state index contributed by atoms with van der Waals surface area (Å²) in [5.74, 6) is 0.189. The van der Waals surface area contributed by atoms with E-state index in [-0.39, 0.29) is 16.3 Å². The summed E-state index contributed by atoms with van der Waals surface area (Å²) in [6.45, 7) is 8.13. The third-order valence-corrected chi connectivity index (χ3v) is 2.68. The number of hydrogen-bond donors (Lipinski definition) is 3. The van der Waals surface area contributed by atoms with Crippen LogP contribution in [0.2, 0.25) is 0 Å². The van der Waals surface area contributed by atoms with E-state index in [0.29, 0.717) is 11.3 Å². The minimum atomic E-state index is 0.0132. The van der Waals surface area contributed by atoms with Gasteiger partial charge in [-0.1, -0.05) is 26.8 Å². The van der Waals surface area contributed by atoms with Gasteiger partial charge >= 0.3 is 0 Å². The van der Waals surface area contributed by atoms with Gasteiger partial charge in [0.05, 0.1) is 5.71 Å². The first kappa shape index (κ1) is 14.4. The number of nitrogens with one attached hydrogen (secondary N) is 1. The number of nitrogens with two attached hydrogens (primary N) is 1. The Morgan fingerprint density at radius 1 is 1.39 bits per heavy atom. The zero-order chi connectivity index (χ0) is 13.9. The molecule has 4 N–H and O–H groups in total. The molecular formula is C13H19N3OS. The van der Waals surface area contributed by atoms with Crippen LogP contribution >= 0.6 is 12.2 Å². The summed E-state index contributed by atoms with van der Waals surface area (Å²) in [4.78, 5) is 0. The lowest BCUT2D eigenvalue weighted by molar-refractivity contribution is 0.472. The fourth-order valence-electron chi connectivity index (χ4n) is 1.49. The number of phenols is 1. The maximum absolute atomic E-state index is 9.86. The van der Waals surface area contributed by atoms with Gasteiger partial charge in [0.15, 0.2) is 5.11 Å². The van der Waals surface area contributed by atoms with Gasteiger partial charge in [-0.3, -0.25) is 5.43 Å². The summed E-state index contributed by atoms with van der Waals surface area (Å²) < 4.78 is 0. The molecule has 0 aliphatic carbocycles. The quantitative estimate of drug-likeness (QED) is 0.436. The molecule has 0 saturated heterocycles. The SMILES string of the molecule is CC(=NNC(N)=S)c1cc(C(C)(C)C)ccc1O. The van der Waals surface area contributed by atoms with Gasteiger partial charge in [-0.15, -0.1) is 0 Å². The number of aromatic hydroxyl groups is 1. The molecule has 0 unspecified atom stereocenters. The molecule has 4 nitrogen and oxygen atoms in total. The smallest absolute Gasteiger partial charge is 0.184 e. The van der Waals surface area contributed by atoms with Crippen molar-refractivity contribution in [1.82, 2.24) is 5.43 Å². The molecule has 18 heavy (non-hydrogen) atoms. The lowest BCUT2D eigenvalue weighted by Gasteiger charge is -2.20. The normalized spacial score (nSPS) is 12.3. The summed E-state index contributed by atoms with van der Waals surface area (Å²) in [7, 11) is 0. The fraction of sp³-hybridized carbons (Fsp3) is 0.385. The maximum atomic E-state index is 9.86. The lowest BCUT2D eigenvalue weighted by Crippen LogP contribution is -2.25. The predicted octanol–water partition coefficient (Wildman–Crippen LogP) is 2.25. The molecule has 1 aromatic carbocycles. The van der Waals surface area contributed by atoms with Crippen molar-refractivity contribution in [1.29, 1.82) is 0 Å². The van der Waals surface area contributed by atoms with Crippen molar-refractivity contribution in [3.8, 4) is 5.75 Å². The second-order valence-electron chi connectivity index (χ2n) is 5.16. The van der Waals surface area contributed by atoms with Gasteiger partial charge < -0.3 is 10.8 Å². The van der Waals surface area contributed by atoms with Crippen molar-refractivity contribution >= 4 is 23.0 Å². The van der Waals surface area contributed by atoms with Crippen LogP contribution < -0.4 is 11.2 Å². The highest BCUT2D eigenvalue weighted by atomic mass is 32.1. The molecule has 98 valence electrons. The van der Waals surface area contributed by atoms with Crippen LogP contribution in [0.4, 0.5) is 0 Å². The third-order valence-electron chi connectivity index (χ3n) is 2.59. The Hall–Kier alpha value is -1.62. The largest absolute Gasteiger partial charge is 0.507 e. The Balaban J connectivity index is 3.15. The van der Waals surface area contributed by atoms with E-state index in [2.05, 4.69) is 43.5 Å². The van der Waals surface area contributed by atoms with Crippen LogP contribution in [0.15, 0.2) is 23.3 Å². The highest BCUT2D eigenvalue weighted by Crippen LogP contribution is 2.27. The highest BCUT2D eigenvalue weighted by Gasteiger charge is 2.16. The van der Waals surface area contributed by atoms with Crippen molar-refractivity contribution in [2.45, 2.75) is 33.1 Å². The van der Waals surface area contributed by atoms with Gasteiger partial charge in [0.2, 0.25) is 0 Å². The number of benzene rings is 1. The lowest BCUT2D eigenvalue weighted by atomic mass is 9.85. The summed E-state index contributed by atoms with van der Waals surface area (Å²) in [6.07, 6.45) is 0. The molecule has 0 amide bonds. The Kier molecular flexibility index (Phi) is 4.29. The van der Waals surface area contributed by atoms with Crippen molar-refractivity contribution in [3.05, 3.63) is 29.3 Å². The zero-order valence-corrected chi connectivity index (χ0v) is 11.9. The van der Waals surface area contributed by atoms with E-state index < -0.39 is 0 Å². The zero-order valence-electron chi connectivity index (χ0n) is 11.1. The molecule has 0 aromatic heterocycles. The van der Waals surface area contributed by atoms with Crippen LogP contribution in [-0.2, 0) is 5.41 Å². The second-order valence-corrected chi connectivity index (χ2v) is 5.60. The van der Waals surface area contributed by atoms with Crippen molar-refractivity contribution in [2.24, 2.45) is 10.8 Å². The van der Waals surface area contributed by atoms with Gasteiger partial charge in [0, 0.05) is 5.56 Å². The van der Waals surface area contributed by atoms with Crippen LogP contribution in [-0.4, -0.2) is 15.9 Å². The van der Waals surface area contributed by atoms with Crippen LogP contribution in [0.3, 0.4) is 0 Å². The molecule has 0 saturated carbocycles. The minimum Gasteiger partial charge on any atom is -0.507 e. The van der Waals surface area contributed by atoms with E-state index >= 15 is 0 Å². The van der Waals surface area contributed by atoms with E-state index in [1.165, 1.54) is 0 Å². The Bertz CT molecular complexity index is 489. The van der Waals surface area contributed by atoms with Crippen LogP contribution in [0, 0.1) is 0 Å². The van der Waals surface area contributed by atoms with Gasteiger partial charge in [0.25, 0.3) is 0 Å². The summed E-state index contributed by atoms with van der Waals surface area (Å²) in [6, 6.07) is 5.51. The van der Waals surface area contributed by atoms with Crippen molar-refractivity contribution in [3.63, 3.8) is 0 Å². The highest BCUT2D eigenvalue weighted by molar-refractivity contribution is 7.80. The molecule has 0 aliphatic rings. The molecule has 0 bridgehead atoms.